The van der Waals surface area contributed by atoms with Gasteiger partial charge in [-0.2, -0.15) is 0 Å². The van der Waals surface area contributed by atoms with Crippen LogP contribution in [0.25, 0.3) is 0 Å². The molecule has 0 bridgehead atoms. The molecule has 0 atom stereocenters. The van der Waals surface area contributed by atoms with Crippen molar-refractivity contribution in [1.82, 2.24) is 0 Å². The molecule has 0 spiro atoms. The van der Waals surface area contributed by atoms with E-state index in [2.05, 4.69) is 0 Å². The Balaban J connectivity index is 2.92. The fourth-order valence-corrected chi connectivity index (χ4v) is 1.44. The quantitative estimate of drug-likeness (QED) is 0.757. The largest absolute Gasteiger partial charge is 0.496 e. The summed E-state index contributed by atoms with van der Waals surface area (Å²) < 4.78 is 5.23. The molecule has 1 aromatic rings. The van der Waals surface area contributed by atoms with E-state index in [9.17, 15) is 4.79 Å². The van der Waals surface area contributed by atoms with Crippen molar-refractivity contribution in [3.63, 3.8) is 0 Å². The maximum Gasteiger partial charge on any atom is 0.139 e. The van der Waals surface area contributed by atoms with Gasteiger partial charge in [-0.1, -0.05) is 31.5 Å². The van der Waals surface area contributed by atoms with E-state index in [0.717, 1.165) is 16.9 Å². The van der Waals surface area contributed by atoms with Gasteiger partial charge in [-0.15, -0.1) is 0 Å². The van der Waals surface area contributed by atoms with Crippen molar-refractivity contribution in [2.24, 2.45) is 5.92 Å². The number of hydrogen-bond donors (Lipinski definition) is 0. The molecule has 15 heavy (non-hydrogen) atoms. The second-order valence-corrected chi connectivity index (χ2v) is 4.11. The van der Waals surface area contributed by atoms with Gasteiger partial charge in [0.25, 0.3) is 0 Å². The van der Waals surface area contributed by atoms with Crippen molar-refractivity contribution in [1.29, 1.82) is 0 Å². The number of aryl methyl sites for hydroxylation is 1. The molecule has 0 unspecified atom stereocenters. The Labute approximate surface area is 91.3 Å². The molecule has 0 saturated heterocycles. The number of ketones is 1. The molecule has 0 aliphatic carbocycles. The highest BCUT2D eigenvalue weighted by Gasteiger charge is 2.11. The van der Waals surface area contributed by atoms with Crippen LogP contribution in [0.1, 0.15) is 25.0 Å². The highest BCUT2D eigenvalue weighted by atomic mass is 16.5. The summed E-state index contributed by atoms with van der Waals surface area (Å²) in [6, 6.07) is 5.92. The van der Waals surface area contributed by atoms with E-state index in [1.54, 1.807) is 7.11 Å². The molecule has 2 heteroatoms. The van der Waals surface area contributed by atoms with Crippen LogP contribution in [0.5, 0.6) is 5.75 Å². The van der Waals surface area contributed by atoms with Gasteiger partial charge in [0, 0.05) is 17.9 Å². The Morgan fingerprint density at radius 2 is 2.07 bits per heavy atom. The summed E-state index contributed by atoms with van der Waals surface area (Å²) in [5.74, 6) is 1.13. The van der Waals surface area contributed by atoms with Gasteiger partial charge in [0.05, 0.1) is 7.11 Å². The first-order valence-corrected chi connectivity index (χ1v) is 5.21. The van der Waals surface area contributed by atoms with Crippen LogP contribution >= 0.6 is 0 Å². The Kier molecular flexibility index (Phi) is 3.89. The van der Waals surface area contributed by atoms with Crippen molar-refractivity contribution < 1.29 is 9.53 Å². The van der Waals surface area contributed by atoms with Gasteiger partial charge >= 0.3 is 0 Å². The predicted molar refractivity (Wildman–Crippen MR) is 61.3 cm³/mol. The van der Waals surface area contributed by atoms with Crippen molar-refractivity contribution in [3.8, 4) is 5.75 Å². The maximum absolute atomic E-state index is 11.6. The minimum atomic E-state index is 0.0789. The summed E-state index contributed by atoms with van der Waals surface area (Å²) in [7, 11) is 1.63. The van der Waals surface area contributed by atoms with Crippen LogP contribution in [0.4, 0.5) is 0 Å². The zero-order valence-electron chi connectivity index (χ0n) is 9.83. The smallest absolute Gasteiger partial charge is 0.139 e. The van der Waals surface area contributed by atoms with Crippen LogP contribution in [0, 0.1) is 12.8 Å². The topological polar surface area (TPSA) is 26.3 Å². The lowest BCUT2D eigenvalue weighted by molar-refractivity contribution is -0.121. The van der Waals surface area contributed by atoms with Crippen molar-refractivity contribution >= 4 is 5.78 Å². The summed E-state index contributed by atoms with van der Waals surface area (Å²) in [6.07, 6.45) is 0.461. The molecule has 1 aromatic carbocycles. The fraction of sp³-hybridized carbons (Fsp3) is 0.462. The molecule has 0 aliphatic rings. The van der Waals surface area contributed by atoms with Crippen LogP contribution in [0.2, 0.25) is 0 Å². The SMILES string of the molecule is COc1ccc(C)cc1CC(=O)C(C)C. The summed E-state index contributed by atoms with van der Waals surface area (Å²) in [5.41, 5.74) is 2.14. The molecular formula is C13H18O2. The van der Waals surface area contributed by atoms with Gasteiger partial charge in [-0.3, -0.25) is 4.79 Å². The standard InChI is InChI=1S/C13H18O2/c1-9(2)12(14)8-11-7-10(3)5-6-13(11)15-4/h5-7,9H,8H2,1-4H3. The fourth-order valence-electron chi connectivity index (χ4n) is 1.44. The summed E-state index contributed by atoms with van der Waals surface area (Å²) in [6.45, 7) is 5.86. The zero-order valence-corrected chi connectivity index (χ0v) is 9.83. The van der Waals surface area contributed by atoms with Crippen LogP contribution in [-0.2, 0) is 11.2 Å². The van der Waals surface area contributed by atoms with Gasteiger partial charge in [0.15, 0.2) is 0 Å². The third-order valence-corrected chi connectivity index (χ3v) is 2.44. The molecule has 82 valence electrons. The molecule has 0 radical (unpaired) electrons. The van der Waals surface area contributed by atoms with Crippen molar-refractivity contribution in [2.45, 2.75) is 27.2 Å². The van der Waals surface area contributed by atoms with Crippen molar-refractivity contribution in [3.05, 3.63) is 29.3 Å². The average Bonchev–Trinajstić information content (AvgIpc) is 2.18. The Hall–Kier alpha value is -1.31. The summed E-state index contributed by atoms with van der Waals surface area (Å²) in [4.78, 5) is 11.6. The van der Waals surface area contributed by atoms with E-state index < -0.39 is 0 Å². The van der Waals surface area contributed by atoms with Crippen LogP contribution in [0.3, 0.4) is 0 Å². The van der Waals surface area contributed by atoms with Gasteiger partial charge in [0.1, 0.15) is 11.5 Å². The molecule has 0 saturated carbocycles. The second-order valence-electron chi connectivity index (χ2n) is 4.11. The van der Waals surface area contributed by atoms with Gasteiger partial charge < -0.3 is 4.74 Å². The summed E-state index contributed by atoms with van der Waals surface area (Å²) >= 11 is 0. The molecule has 2 nitrogen and oxygen atoms in total. The first-order chi connectivity index (χ1) is 7.04. The van der Waals surface area contributed by atoms with E-state index >= 15 is 0 Å². The Morgan fingerprint density at radius 3 is 2.60 bits per heavy atom. The number of carbonyl (C=O) groups is 1. The minimum Gasteiger partial charge on any atom is -0.496 e. The first-order valence-electron chi connectivity index (χ1n) is 5.21. The molecule has 1 rings (SSSR count). The highest BCUT2D eigenvalue weighted by molar-refractivity contribution is 5.83. The van der Waals surface area contributed by atoms with E-state index in [-0.39, 0.29) is 11.7 Å². The minimum absolute atomic E-state index is 0.0789. The first kappa shape index (κ1) is 11.8. The maximum atomic E-state index is 11.6. The van der Waals surface area contributed by atoms with Gasteiger partial charge in [-0.05, 0) is 13.0 Å². The van der Waals surface area contributed by atoms with Crippen LogP contribution in [-0.4, -0.2) is 12.9 Å². The number of Topliss-reactive ketones (excluding diaryl/α,β-unsaturated/α-hetero) is 1. The van der Waals surface area contributed by atoms with E-state index in [1.165, 1.54) is 0 Å². The average molecular weight is 206 g/mol. The number of methoxy groups -OCH3 is 1. The number of hydrogen-bond acceptors (Lipinski definition) is 2. The third-order valence-electron chi connectivity index (χ3n) is 2.44. The van der Waals surface area contributed by atoms with Crippen LogP contribution < -0.4 is 4.74 Å². The third kappa shape index (κ3) is 3.08. The lowest BCUT2D eigenvalue weighted by Gasteiger charge is -2.10. The lowest BCUT2D eigenvalue weighted by Crippen LogP contribution is -2.11. The van der Waals surface area contributed by atoms with Gasteiger partial charge in [-0.25, -0.2) is 0 Å². The molecule has 0 aliphatic heterocycles. The molecule has 0 fully saturated rings. The predicted octanol–water partition coefficient (Wildman–Crippen LogP) is 2.77. The second kappa shape index (κ2) is 4.96. The molecule has 0 aromatic heterocycles. The number of benzene rings is 1. The molecule has 0 heterocycles. The van der Waals surface area contributed by atoms with Gasteiger partial charge in [0.2, 0.25) is 0 Å². The number of carbonyl (C=O) groups excluding carboxylic acids is 1. The molecule has 0 amide bonds. The molecule has 0 N–H and O–H groups in total. The highest BCUT2D eigenvalue weighted by Crippen LogP contribution is 2.21. The summed E-state index contributed by atoms with van der Waals surface area (Å²) in [5, 5.41) is 0. The normalized spacial score (nSPS) is 10.5. The Bertz CT molecular complexity index is 354. The van der Waals surface area contributed by atoms with Crippen molar-refractivity contribution in [2.75, 3.05) is 7.11 Å². The van der Waals surface area contributed by atoms with E-state index in [4.69, 9.17) is 4.74 Å². The zero-order chi connectivity index (χ0) is 11.4. The van der Waals surface area contributed by atoms with E-state index in [1.807, 2.05) is 39.0 Å². The lowest BCUT2D eigenvalue weighted by atomic mass is 9.99. The number of ether oxygens (including phenoxy) is 1. The molecular weight excluding hydrogens is 188 g/mol. The monoisotopic (exact) mass is 206 g/mol. The van der Waals surface area contributed by atoms with E-state index in [0.29, 0.717) is 6.42 Å². The number of rotatable bonds is 4. The Morgan fingerprint density at radius 1 is 1.40 bits per heavy atom. The van der Waals surface area contributed by atoms with Crippen LogP contribution in [0.15, 0.2) is 18.2 Å².